The molecule has 0 bridgehead atoms. The van der Waals surface area contributed by atoms with Gasteiger partial charge in [0.1, 0.15) is 12.4 Å². The van der Waals surface area contributed by atoms with Gasteiger partial charge in [0.05, 0.1) is 13.5 Å². The highest BCUT2D eigenvalue weighted by molar-refractivity contribution is 9.04. The first-order valence-electron chi connectivity index (χ1n) is 4.79. The lowest BCUT2D eigenvalue weighted by Crippen LogP contribution is -2.31. The molecule has 1 atom stereocenters. The Hall–Kier alpha value is -1.50. The third-order valence-corrected chi connectivity index (χ3v) is 2.59. The minimum atomic E-state index is -4.92. The van der Waals surface area contributed by atoms with Crippen LogP contribution in [0.3, 0.4) is 0 Å². The molecule has 0 saturated carbocycles. The summed E-state index contributed by atoms with van der Waals surface area (Å²) in [6, 6.07) is 0. The van der Waals surface area contributed by atoms with Gasteiger partial charge in [0.2, 0.25) is 10.4 Å². The molecule has 12 heteroatoms. The smallest absolute Gasteiger partial charge is 0.319 e. The highest BCUT2D eigenvalue weighted by Gasteiger charge is 2.33. The molecule has 0 spiro atoms. The molecule has 0 radical (unpaired) electrons. The van der Waals surface area contributed by atoms with Gasteiger partial charge in [-0.25, -0.2) is 13.0 Å². The normalized spacial score (nSPS) is 12.2. The van der Waals surface area contributed by atoms with Gasteiger partial charge in [-0.3, -0.25) is 14.1 Å². The van der Waals surface area contributed by atoms with E-state index < -0.39 is 34.7 Å². The highest BCUT2D eigenvalue weighted by atomic mass is 79.9. The summed E-state index contributed by atoms with van der Waals surface area (Å²) in [4.78, 5) is 21.5. The zero-order valence-corrected chi connectivity index (χ0v) is 12.4. The second-order valence-electron chi connectivity index (χ2n) is 3.49. The molecule has 1 aromatic heterocycles. The van der Waals surface area contributed by atoms with E-state index in [1.807, 2.05) is 0 Å². The molecular weight excluding hydrogens is 364 g/mol. The van der Waals surface area contributed by atoms with Crippen molar-refractivity contribution >= 4 is 38.5 Å². The number of rotatable bonds is 4. The van der Waals surface area contributed by atoms with Gasteiger partial charge in [-0.15, -0.1) is 0 Å². The van der Waals surface area contributed by atoms with Crippen LogP contribution in [0.15, 0.2) is 12.4 Å². The quantitative estimate of drug-likeness (QED) is 0.451. The summed E-state index contributed by atoms with van der Waals surface area (Å²) in [6.07, 6.45) is 2.80. The van der Waals surface area contributed by atoms with Crippen molar-refractivity contribution in [3.05, 3.63) is 18.2 Å². The summed E-state index contributed by atoms with van der Waals surface area (Å²) >= 11 is 3.12. The van der Waals surface area contributed by atoms with Gasteiger partial charge in [-0.2, -0.15) is 3.59 Å². The maximum atomic E-state index is 10.9. The number of hydrogen-bond donors (Lipinski definition) is 3. The minimum absolute atomic E-state index is 0.380. The lowest BCUT2D eigenvalue weighted by molar-refractivity contribution is -0.485. The van der Waals surface area contributed by atoms with Crippen LogP contribution in [0.25, 0.3) is 0 Å². The second-order valence-corrected chi connectivity index (χ2v) is 5.11. The monoisotopic (exact) mass is 374 g/mol. The van der Waals surface area contributed by atoms with Crippen molar-refractivity contribution in [3.8, 4) is 0 Å². The molecule has 1 heterocycles. The fraction of sp³-hybridized carbons (Fsp3) is 0.375. The van der Waals surface area contributed by atoms with E-state index in [-0.39, 0.29) is 0 Å². The van der Waals surface area contributed by atoms with Crippen molar-refractivity contribution in [2.24, 2.45) is 7.05 Å². The molecule has 3 N–H and O–H groups in total. The summed E-state index contributed by atoms with van der Waals surface area (Å²) in [5.41, 5.74) is 0. The van der Waals surface area contributed by atoms with Crippen molar-refractivity contribution in [2.45, 2.75) is 12.3 Å². The topological polar surface area (TPSA) is 161 Å². The number of hydrogen-bond acceptors (Lipinski definition) is 5. The molecule has 1 rings (SSSR count). The Kier molecular flexibility index (Phi) is 6.78. The molecule has 114 valence electrons. The van der Waals surface area contributed by atoms with Gasteiger partial charge >= 0.3 is 11.9 Å². The maximum absolute atomic E-state index is 10.9. The van der Waals surface area contributed by atoms with E-state index in [1.165, 1.54) is 3.59 Å². The Morgan fingerprint density at radius 3 is 2.20 bits per heavy atom. The fourth-order valence-corrected chi connectivity index (χ4v) is 1.92. The van der Waals surface area contributed by atoms with E-state index in [2.05, 4.69) is 16.1 Å². The predicted molar refractivity (Wildman–Crippen MR) is 64.9 cm³/mol. The lowest BCUT2D eigenvalue weighted by atomic mass is 10.1. The molecule has 0 aliphatic carbocycles. The van der Waals surface area contributed by atoms with Crippen LogP contribution >= 0.6 is 16.1 Å². The van der Waals surface area contributed by atoms with Crippen molar-refractivity contribution in [1.29, 1.82) is 0 Å². The molecule has 0 aliphatic heterocycles. The molecule has 10 nitrogen and oxygen atoms in total. The van der Waals surface area contributed by atoms with Crippen molar-refractivity contribution < 1.29 is 40.9 Å². The zero-order chi connectivity index (χ0) is 16.1. The molecule has 20 heavy (non-hydrogen) atoms. The van der Waals surface area contributed by atoms with Crippen molar-refractivity contribution in [1.82, 2.24) is 4.57 Å². The van der Waals surface area contributed by atoms with E-state index in [4.69, 9.17) is 27.7 Å². The second kappa shape index (κ2) is 7.33. The standard InChI is InChI=1S/C8H9BrN2O4.H2O4S/c1-10-2-3-11(9)7(10)5(8(14)15)4-6(12)13;1-5(2,3)4/h2-3,5H,4H2,1H3,(H-,12,13,14,15);(H2,1,2,3,4). The molecule has 1 unspecified atom stereocenters. The van der Waals surface area contributed by atoms with Crippen LogP contribution in [0.4, 0.5) is 0 Å². The summed E-state index contributed by atoms with van der Waals surface area (Å²) in [5, 5.41) is 17.5. The number of aryl methyl sites for hydroxylation is 1. The Labute approximate surface area is 122 Å². The molecule has 1 aromatic rings. The first-order chi connectivity index (χ1) is 8.93. The number of aliphatic carboxylic acids is 2. The number of carbonyl (C=O) groups is 2. The van der Waals surface area contributed by atoms with Crippen LogP contribution in [0.1, 0.15) is 18.2 Å². The largest absolute Gasteiger partial charge is 0.726 e. The Bertz CT molecular complexity index is 568. The Balaban J connectivity index is 0.000000621. The lowest BCUT2D eigenvalue weighted by Gasteiger charge is -2.05. The number of carboxylic acids is 2. The molecule has 0 saturated heterocycles. The number of nitrogens with zero attached hydrogens (tertiary/aromatic N) is 2. The Morgan fingerprint density at radius 2 is 1.95 bits per heavy atom. The Morgan fingerprint density at radius 1 is 1.50 bits per heavy atom. The van der Waals surface area contributed by atoms with Crippen LogP contribution in [0, 0.1) is 0 Å². The highest BCUT2D eigenvalue weighted by Crippen LogP contribution is 2.17. The van der Waals surface area contributed by atoms with Gasteiger partial charge in [-0.05, 0) is 0 Å². The summed E-state index contributed by atoms with van der Waals surface area (Å²) in [6.45, 7) is 0. The summed E-state index contributed by atoms with van der Waals surface area (Å²) < 4.78 is 35.8. The summed E-state index contributed by atoms with van der Waals surface area (Å²) in [5.74, 6) is -2.99. The average Bonchev–Trinajstić information content (AvgIpc) is 2.52. The third kappa shape index (κ3) is 7.18. The van der Waals surface area contributed by atoms with Crippen LogP contribution in [0.2, 0.25) is 0 Å². The molecule has 0 fully saturated rings. The molecule has 0 aromatic carbocycles. The predicted octanol–water partition coefficient (Wildman–Crippen LogP) is -0.882. The van der Waals surface area contributed by atoms with E-state index in [0.29, 0.717) is 5.82 Å². The van der Waals surface area contributed by atoms with Crippen LogP contribution < -0.4 is 3.59 Å². The van der Waals surface area contributed by atoms with Crippen molar-refractivity contribution in [3.63, 3.8) is 0 Å². The SMILES string of the molecule is Cn1cc[n+](Br)c1C(CC(=O)O)C(=O)O.O=S(=O)([O-])O. The fourth-order valence-electron chi connectivity index (χ4n) is 1.32. The van der Waals surface area contributed by atoms with Gasteiger partial charge in [0, 0.05) is 0 Å². The van der Waals surface area contributed by atoms with Gasteiger partial charge in [0.15, 0.2) is 22.1 Å². The first-order valence-corrected chi connectivity index (χ1v) is 6.86. The third-order valence-electron chi connectivity index (χ3n) is 1.99. The number of imidazole rings is 1. The maximum Gasteiger partial charge on any atom is 0.319 e. The number of aromatic nitrogens is 2. The minimum Gasteiger partial charge on any atom is -0.726 e. The van der Waals surface area contributed by atoms with Gasteiger partial charge in [-0.1, -0.05) is 0 Å². The van der Waals surface area contributed by atoms with Crippen LogP contribution in [0.5, 0.6) is 0 Å². The van der Waals surface area contributed by atoms with Gasteiger partial charge < -0.3 is 14.8 Å². The average molecular weight is 375 g/mol. The van der Waals surface area contributed by atoms with Crippen molar-refractivity contribution in [2.75, 3.05) is 0 Å². The van der Waals surface area contributed by atoms with E-state index >= 15 is 0 Å². The molecule has 0 amide bonds. The molecular formula is C8H11BrN2O8S. The van der Waals surface area contributed by atoms with Crippen LogP contribution in [-0.2, 0) is 27.0 Å². The van der Waals surface area contributed by atoms with Crippen LogP contribution in [-0.4, -0.2) is 44.2 Å². The van der Waals surface area contributed by atoms with E-state index in [9.17, 15) is 9.59 Å². The van der Waals surface area contributed by atoms with Gasteiger partial charge in [0.25, 0.3) is 5.82 Å². The van der Waals surface area contributed by atoms with E-state index in [1.54, 1.807) is 24.0 Å². The van der Waals surface area contributed by atoms with E-state index in [0.717, 1.165) is 0 Å². The summed E-state index contributed by atoms with van der Waals surface area (Å²) in [7, 11) is -3.26. The first kappa shape index (κ1) is 18.5. The molecule has 0 aliphatic rings. The zero-order valence-electron chi connectivity index (χ0n) is 10.0. The number of carboxylic acid groups (broad SMARTS) is 2. The number of halogens is 1.